The van der Waals surface area contributed by atoms with Crippen LogP contribution < -0.4 is 10.1 Å². The lowest BCUT2D eigenvalue weighted by Gasteiger charge is -2.09. The summed E-state index contributed by atoms with van der Waals surface area (Å²) in [5.41, 5.74) is 2.24. The molecule has 0 unspecified atom stereocenters. The van der Waals surface area contributed by atoms with E-state index < -0.39 is 0 Å². The summed E-state index contributed by atoms with van der Waals surface area (Å²) in [6.07, 6.45) is 1.03. The van der Waals surface area contributed by atoms with Gasteiger partial charge in [-0.05, 0) is 48.5 Å². The third-order valence-corrected chi connectivity index (χ3v) is 2.75. The van der Waals surface area contributed by atoms with Gasteiger partial charge in [0.15, 0.2) is 0 Å². The number of rotatable bonds is 3. The molecule has 0 aliphatic rings. The van der Waals surface area contributed by atoms with Crippen molar-refractivity contribution < 1.29 is 4.74 Å². The average Bonchev–Trinajstić information content (AvgIpc) is 2.40. The SMILES string of the molecule is CCc1ccc(NC(=S)Oc2ccccc2)cc1. The fourth-order valence-electron chi connectivity index (χ4n) is 1.56. The lowest BCUT2D eigenvalue weighted by atomic mass is 10.1. The van der Waals surface area contributed by atoms with Crippen molar-refractivity contribution in [2.24, 2.45) is 0 Å². The topological polar surface area (TPSA) is 21.3 Å². The Morgan fingerprint density at radius 2 is 1.72 bits per heavy atom. The highest BCUT2D eigenvalue weighted by molar-refractivity contribution is 7.80. The van der Waals surface area contributed by atoms with Gasteiger partial charge in [-0.25, -0.2) is 0 Å². The van der Waals surface area contributed by atoms with E-state index >= 15 is 0 Å². The zero-order chi connectivity index (χ0) is 12.8. The zero-order valence-electron chi connectivity index (χ0n) is 10.2. The minimum atomic E-state index is 0.352. The van der Waals surface area contributed by atoms with Crippen molar-refractivity contribution in [3.63, 3.8) is 0 Å². The monoisotopic (exact) mass is 257 g/mol. The molecule has 0 amide bonds. The Morgan fingerprint density at radius 1 is 1.06 bits per heavy atom. The van der Waals surface area contributed by atoms with Crippen molar-refractivity contribution >= 4 is 23.1 Å². The molecule has 0 fully saturated rings. The molecule has 2 rings (SSSR count). The van der Waals surface area contributed by atoms with E-state index in [2.05, 4.69) is 24.4 Å². The highest BCUT2D eigenvalue weighted by atomic mass is 32.1. The van der Waals surface area contributed by atoms with Gasteiger partial charge in [0.25, 0.3) is 5.17 Å². The van der Waals surface area contributed by atoms with Gasteiger partial charge < -0.3 is 10.1 Å². The first kappa shape index (κ1) is 12.6. The van der Waals surface area contributed by atoms with Gasteiger partial charge in [0.2, 0.25) is 0 Å². The Labute approximate surface area is 113 Å². The maximum absolute atomic E-state index is 5.50. The molecule has 3 heteroatoms. The van der Waals surface area contributed by atoms with Gasteiger partial charge in [0.05, 0.1) is 0 Å². The first-order valence-corrected chi connectivity index (χ1v) is 6.31. The van der Waals surface area contributed by atoms with Gasteiger partial charge in [0.1, 0.15) is 5.75 Å². The minimum absolute atomic E-state index is 0.352. The normalized spacial score (nSPS) is 9.83. The number of aryl methyl sites for hydroxylation is 1. The van der Waals surface area contributed by atoms with Gasteiger partial charge in [0, 0.05) is 5.69 Å². The van der Waals surface area contributed by atoms with Crippen LogP contribution in [0.3, 0.4) is 0 Å². The quantitative estimate of drug-likeness (QED) is 0.839. The maximum Gasteiger partial charge on any atom is 0.266 e. The van der Waals surface area contributed by atoms with Crippen LogP contribution in [0.1, 0.15) is 12.5 Å². The molecule has 0 heterocycles. The van der Waals surface area contributed by atoms with Crippen LogP contribution in [0.5, 0.6) is 5.75 Å². The van der Waals surface area contributed by atoms with E-state index in [0.717, 1.165) is 17.9 Å². The Kier molecular flexibility index (Phi) is 4.31. The minimum Gasteiger partial charge on any atom is -0.432 e. The van der Waals surface area contributed by atoms with Crippen LogP contribution in [-0.2, 0) is 6.42 Å². The molecule has 0 spiro atoms. The number of ether oxygens (including phenoxy) is 1. The van der Waals surface area contributed by atoms with E-state index in [4.69, 9.17) is 17.0 Å². The highest BCUT2D eigenvalue weighted by Crippen LogP contribution is 2.13. The lowest BCUT2D eigenvalue weighted by molar-refractivity contribution is 0.563. The van der Waals surface area contributed by atoms with Crippen LogP contribution in [0.4, 0.5) is 5.69 Å². The number of hydrogen-bond acceptors (Lipinski definition) is 2. The fourth-order valence-corrected chi connectivity index (χ4v) is 1.78. The van der Waals surface area contributed by atoms with Crippen molar-refractivity contribution in [1.82, 2.24) is 0 Å². The van der Waals surface area contributed by atoms with Gasteiger partial charge in [-0.1, -0.05) is 37.3 Å². The second-order valence-corrected chi connectivity index (χ2v) is 4.25. The van der Waals surface area contributed by atoms with E-state index in [1.807, 2.05) is 42.5 Å². The van der Waals surface area contributed by atoms with Crippen LogP contribution in [-0.4, -0.2) is 5.17 Å². The molecule has 18 heavy (non-hydrogen) atoms. The molecule has 2 nitrogen and oxygen atoms in total. The summed E-state index contributed by atoms with van der Waals surface area (Å²) >= 11 is 5.15. The Morgan fingerprint density at radius 3 is 2.33 bits per heavy atom. The van der Waals surface area contributed by atoms with Gasteiger partial charge >= 0.3 is 0 Å². The van der Waals surface area contributed by atoms with Gasteiger partial charge in [-0.15, -0.1) is 0 Å². The molecular weight excluding hydrogens is 242 g/mol. The molecule has 0 saturated carbocycles. The van der Waals surface area contributed by atoms with E-state index in [1.54, 1.807) is 0 Å². The Bertz CT molecular complexity index is 508. The third kappa shape index (κ3) is 3.57. The number of anilines is 1. The lowest BCUT2D eigenvalue weighted by Crippen LogP contribution is -2.16. The van der Waals surface area contributed by atoms with E-state index in [-0.39, 0.29) is 0 Å². The predicted molar refractivity (Wildman–Crippen MR) is 79.1 cm³/mol. The summed E-state index contributed by atoms with van der Waals surface area (Å²) in [6.45, 7) is 2.13. The van der Waals surface area contributed by atoms with E-state index in [9.17, 15) is 0 Å². The summed E-state index contributed by atoms with van der Waals surface area (Å²) < 4.78 is 5.50. The second kappa shape index (κ2) is 6.17. The number of thiocarbonyl (C=S) groups is 1. The molecule has 0 bridgehead atoms. The largest absolute Gasteiger partial charge is 0.432 e. The molecule has 92 valence electrons. The van der Waals surface area contributed by atoms with Crippen LogP contribution >= 0.6 is 12.2 Å². The Hall–Kier alpha value is -1.87. The standard InChI is InChI=1S/C15H15NOS/c1-2-12-8-10-13(11-9-12)16-15(18)17-14-6-4-3-5-7-14/h3-11H,2H2,1H3,(H,16,18). The van der Waals surface area contributed by atoms with Crippen LogP contribution in [0, 0.1) is 0 Å². The number of para-hydroxylation sites is 1. The van der Waals surface area contributed by atoms with Crippen LogP contribution in [0.2, 0.25) is 0 Å². The van der Waals surface area contributed by atoms with Crippen molar-refractivity contribution in [3.05, 3.63) is 60.2 Å². The van der Waals surface area contributed by atoms with Crippen LogP contribution in [0.15, 0.2) is 54.6 Å². The first-order valence-electron chi connectivity index (χ1n) is 5.91. The molecule has 2 aromatic carbocycles. The summed E-state index contributed by atoms with van der Waals surface area (Å²) in [7, 11) is 0. The van der Waals surface area contributed by atoms with Gasteiger partial charge in [-0.3, -0.25) is 0 Å². The fraction of sp³-hybridized carbons (Fsp3) is 0.133. The number of benzene rings is 2. The molecule has 0 saturated heterocycles. The smallest absolute Gasteiger partial charge is 0.266 e. The number of nitrogens with one attached hydrogen (secondary N) is 1. The van der Waals surface area contributed by atoms with Crippen molar-refractivity contribution in [2.45, 2.75) is 13.3 Å². The third-order valence-electron chi connectivity index (χ3n) is 2.56. The van der Waals surface area contributed by atoms with Crippen molar-refractivity contribution in [1.29, 1.82) is 0 Å². The van der Waals surface area contributed by atoms with E-state index in [1.165, 1.54) is 5.56 Å². The molecular formula is C15H15NOS. The first-order chi connectivity index (χ1) is 8.78. The second-order valence-electron chi connectivity index (χ2n) is 3.88. The molecule has 0 aliphatic heterocycles. The van der Waals surface area contributed by atoms with Crippen molar-refractivity contribution in [2.75, 3.05) is 5.32 Å². The molecule has 0 radical (unpaired) electrons. The average molecular weight is 257 g/mol. The molecule has 0 aromatic heterocycles. The predicted octanol–water partition coefficient (Wildman–Crippen LogP) is 4.02. The number of hydrogen-bond donors (Lipinski definition) is 1. The summed E-state index contributed by atoms with van der Waals surface area (Å²) in [5, 5.41) is 3.40. The summed E-state index contributed by atoms with van der Waals surface area (Å²) in [6, 6.07) is 17.6. The molecule has 1 N–H and O–H groups in total. The molecule has 0 atom stereocenters. The molecule has 0 aliphatic carbocycles. The Balaban J connectivity index is 1.94. The summed E-state index contributed by atoms with van der Waals surface area (Å²) in [4.78, 5) is 0. The van der Waals surface area contributed by atoms with Crippen LogP contribution in [0.25, 0.3) is 0 Å². The highest BCUT2D eigenvalue weighted by Gasteiger charge is 2.00. The zero-order valence-corrected chi connectivity index (χ0v) is 11.0. The van der Waals surface area contributed by atoms with Crippen molar-refractivity contribution in [3.8, 4) is 5.75 Å². The molecule has 2 aromatic rings. The summed E-state index contributed by atoms with van der Waals surface area (Å²) in [5.74, 6) is 0.736. The van der Waals surface area contributed by atoms with E-state index in [0.29, 0.717) is 5.17 Å². The maximum atomic E-state index is 5.50. The van der Waals surface area contributed by atoms with Gasteiger partial charge in [-0.2, -0.15) is 0 Å².